The smallest absolute Gasteiger partial charge is 0.255 e. The molecule has 0 radical (unpaired) electrons. The molecule has 0 spiro atoms. The van der Waals surface area contributed by atoms with Crippen LogP contribution in [-0.2, 0) is 0 Å². The van der Waals surface area contributed by atoms with E-state index < -0.39 is 0 Å². The molecule has 4 aromatic rings. The summed E-state index contributed by atoms with van der Waals surface area (Å²) in [6.45, 7) is 0. The second-order valence-corrected chi connectivity index (χ2v) is 5.60. The zero-order valence-electron chi connectivity index (χ0n) is 13.9. The highest BCUT2D eigenvalue weighted by molar-refractivity contribution is 5.60. The molecule has 0 amide bonds. The highest BCUT2D eigenvalue weighted by atomic mass is 15.4. The van der Waals surface area contributed by atoms with Crippen molar-refractivity contribution in [3.8, 4) is 23.3 Å². The van der Waals surface area contributed by atoms with Crippen molar-refractivity contribution in [2.75, 3.05) is 19.0 Å². The van der Waals surface area contributed by atoms with Gasteiger partial charge in [0.05, 0.1) is 0 Å². The Bertz CT molecular complexity index is 904. The Morgan fingerprint density at radius 1 is 0.760 bits per heavy atom. The van der Waals surface area contributed by atoms with Crippen LogP contribution < -0.4 is 4.90 Å². The summed E-state index contributed by atoms with van der Waals surface area (Å²) in [7, 11) is 4.01. The van der Waals surface area contributed by atoms with E-state index in [1.54, 1.807) is 34.2 Å². The summed E-state index contributed by atoms with van der Waals surface area (Å²) in [6, 6.07) is 11.7. The van der Waals surface area contributed by atoms with Crippen molar-refractivity contribution < 1.29 is 0 Å². The van der Waals surface area contributed by atoms with E-state index in [9.17, 15) is 0 Å². The van der Waals surface area contributed by atoms with Gasteiger partial charge in [0.1, 0.15) is 0 Å². The summed E-state index contributed by atoms with van der Waals surface area (Å²) in [5, 5.41) is 8.42. The van der Waals surface area contributed by atoms with Crippen LogP contribution in [0.15, 0.2) is 61.2 Å². The van der Waals surface area contributed by atoms with E-state index in [4.69, 9.17) is 0 Å². The van der Waals surface area contributed by atoms with Gasteiger partial charge in [-0.2, -0.15) is 25.1 Å². The molecule has 0 unspecified atom stereocenters. The van der Waals surface area contributed by atoms with Crippen LogP contribution in [0.5, 0.6) is 0 Å². The van der Waals surface area contributed by atoms with Gasteiger partial charge in [0.15, 0.2) is 5.82 Å². The third-order valence-electron chi connectivity index (χ3n) is 3.67. The van der Waals surface area contributed by atoms with E-state index in [-0.39, 0.29) is 0 Å². The third-order valence-corrected chi connectivity index (χ3v) is 3.67. The van der Waals surface area contributed by atoms with Crippen molar-refractivity contribution in [3.63, 3.8) is 0 Å². The maximum atomic E-state index is 4.55. The molecule has 1 aromatic carbocycles. The van der Waals surface area contributed by atoms with Crippen LogP contribution in [0.2, 0.25) is 0 Å². The van der Waals surface area contributed by atoms with E-state index in [2.05, 4.69) is 25.1 Å². The molecule has 3 heterocycles. The quantitative estimate of drug-likeness (QED) is 0.569. The first-order valence-electron chi connectivity index (χ1n) is 7.74. The van der Waals surface area contributed by atoms with Gasteiger partial charge in [0, 0.05) is 50.1 Å². The number of anilines is 1. The Morgan fingerprint density at radius 2 is 1.32 bits per heavy atom. The van der Waals surface area contributed by atoms with Crippen LogP contribution in [0.25, 0.3) is 23.3 Å². The van der Waals surface area contributed by atoms with Crippen molar-refractivity contribution >= 4 is 5.69 Å². The Balaban J connectivity index is 1.83. The Kier molecular flexibility index (Phi) is 3.70. The Morgan fingerprint density at radius 3 is 1.76 bits per heavy atom. The lowest BCUT2D eigenvalue weighted by Crippen LogP contribution is -2.11. The molecule has 0 fully saturated rings. The average Bonchev–Trinajstić information content (AvgIpc) is 3.35. The summed E-state index contributed by atoms with van der Waals surface area (Å²) in [5.41, 5.74) is 2.01. The molecule has 0 saturated carbocycles. The minimum atomic E-state index is 0.442. The number of nitrogens with zero attached hydrogens (tertiary/aromatic N) is 8. The number of rotatable bonds is 4. The minimum absolute atomic E-state index is 0.442. The van der Waals surface area contributed by atoms with Crippen molar-refractivity contribution in [1.29, 1.82) is 0 Å². The van der Waals surface area contributed by atoms with E-state index in [1.165, 1.54) is 0 Å². The second kappa shape index (κ2) is 6.16. The lowest BCUT2D eigenvalue weighted by molar-refractivity contribution is 0.747. The first-order chi connectivity index (χ1) is 12.2. The number of aromatic nitrogens is 7. The van der Waals surface area contributed by atoms with E-state index in [1.807, 2.05) is 55.4 Å². The highest BCUT2D eigenvalue weighted by Gasteiger charge is 2.12. The van der Waals surface area contributed by atoms with Gasteiger partial charge in [-0.25, -0.2) is 9.36 Å². The molecule has 3 aromatic heterocycles. The van der Waals surface area contributed by atoms with Gasteiger partial charge in [-0.1, -0.05) is 0 Å². The number of hydrogen-bond donors (Lipinski definition) is 0. The second-order valence-electron chi connectivity index (χ2n) is 5.60. The van der Waals surface area contributed by atoms with Crippen molar-refractivity contribution in [2.24, 2.45) is 0 Å². The van der Waals surface area contributed by atoms with E-state index >= 15 is 0 Å². The highest BCUT2D eigenvalue weighted by Crippen LogP contribution is 2.20. The topological polar surface area (TPSA) is 77.5 Å². The van der Waals surface area contributed by atoms with Gasteiger partial charge in [-0.3, -0.25) is 0 Å². The van der Waals surface area contributed by atoms with Crippen LogP contribution >= 0.6 is 0 Å². The molecule has 0 saturated heterocycles. The monoisotopic (exact) mass is 332 g/mol. The van der Waals surface area contributed by atoms with Crippen LogP contribution in [0.1, 0.15) is 0 Å². The molecule has 8 heteroatoms. The number of benzene rings is 1. The normalized spacial score (nSPS) is 10.8. The summed E-state index contributed by atoms with van der Waals surface area (Å²) >= 11 is 0. The van der Waals surface area contributed by atoms with E-state index in [0.717, 1.165) is 11.3 Å². The molecule has 0 aliphatic heterocycles. The van der Waals surface area contributed by atoms with Gasteiger partial charge in [-0.05, 0) is 36.4 Å². The molecule has 0 N–H and O–H groups in total. The molecule has 0 aliphatic rings. The minimum Gasteiger partial charge on any atom is -0.378 e. The largest absolute Gasteiger partial charge is 0.378 e. The Labute approximate surface area is 144 Å². The van der Waals surface area contributed by atoms with Crippen LogP contribution in [-0.4, -0.2) is 48.6 Å². The molecule has 124 valence electrons. The van der Waals surface area contributed by atoms with Crippen molar-refractivity contribution in [1.82, 2.24) is 34.5 Å². The van der Waals surface area contributed by atoms with Crippen molar-refractivity contribution in [3.05, 3.63) is 61.2 Å². The number of hydrogen-bond acceptors (Lipinski definition) is 6. The summed E-state index contributed by atoms with van der Waals surface area (Å²) < 4.78 is 3.21. The van der Waals surface area contributed by atoms with Crippen LogP contribution in [0.3, 0.4) is 0 Å². The molecule has 8 nitrogen and oxygen atoms in total. The third kappa shape index (κ3) is 2.97. The first kappa shape index (κ1) is 15.0. The lowest BCUT2D eigenvalue weighted by Gasteiger charge is -2.12. The van der Waals surface area contributed by atoms with Crippen LogP contribution in [0, 0.1) is 0 Å². The van der Waals surface area contributed by atoms with Crippen LogP contribution in [0.4, 0.5) is 5.69 Å². The summed E-state index contributed by atoms with van der Waals surface area (Å²) in [6.07, 6.45) is 6.95. The predicted molar refractivity (Wildman–Crippen MR) is 93.8 cm³/mol. The van der Waals surface area contributed by atoms with Gasteiger partial charge < -0.3 is 4.90 Å². The van der Waals surface area contributed by atoms with Gasteiger partial charge >= 0.3 is 0 Å². The zero-order chi connectivity index (χ0) is 17.2. The molecular weight excluding hydrogens is 316 g/mol. The van der Waals surface area contributed by atoms with Gasteiger partial charge in [-0.15, -0.1) is 0 Å². The van der Waals surface area contributed by atoms with Gasteiger partial charge in [0.25, 0.3) is 11.9 Å². The maximum absolute atomic E-state index is 4.55. The molecule has 0 bridgehead atoms. The SMILES string of the molecule is CN(C)c1ccc(-c2nc(-n3cccn3)nc(-n3cccn3)n2)cc1. The summed E-state index contributed by atoms with van der Waals surface area (Å²) in [4.78, 5) is 15.6. The fraction of sp³-hybridized carbons (Fsp3) is 0.118. The predicted octanol–water partition coefficient (Wildman–Crippen LogP) is 1.98. The molecule has 0 atom stereocenters. The fourth-order valence-corrected chi connectivity index (χ4v) is 2.37. The standard InChI is InChI=1S/C17H16N8/c1-23(2)14-7-5-13(6-8-14)15-20-16(24-11-3-9-18-24)22-17(21-15)25-12-4-10-19-25/h3-12H,1-2H3. The average molecular weight is 332 g/mol. The van der Waals surface area contributed by atoms with Crippen molar-refractivity contribution in [2.45, 2.75) is 0 Å². The fourth-order valence-electron chi connectivity index (χ4n) is 2.37. The first-order valence-corrected chi connectivity index (χ1v) is 7.74. The van der Waals surface area contributed by atoms with E-state index in [0.29, 0.717) is 17.7 Å². The maximum Gasteiger partial charge on any atom is 0.255 e. The lowest BCUT2D eigenvalue weighted by atomic mass is 10.2. The summed E-state index contributed by atoms with van der Waals surface area (Å²) in [5.74, 6) is 1.45. The molecule has 25 heavy (non-hydrogen) atoms. The zero-order valence-corrected chi connectivity index (χ0v) is 13.9. The molecular formula is C17H16N8. The Hall–Kier alpha value is -3.55. The molecule has 4 rings (SSSR count). The van der Waals surface area contributed by atoms with Gasteiger partial charge in [0.2, 0.25) is 0 Å². The molecule has 0 aliphatic carbocycles.